The fraction of sp³-hybridized carbons (Fsp3) is 0.615. The van der Waals surface area contributed by atoms with Crippen molar-refractivity contribution in [3.63, 3.8) is 0 Å². The quantitative estimate of drug-likeness (QED) is 0.0462. The number of rotatable bonds is 32. The van der Waals surface area contributed by atoms with Gasteiger partial charge in [0.1, 0.15) is 21.3 Å². The van der Waals surface area contributed by atoms with E-state index < -0.39 is 11.6 Å². The zero-order chi connectivity index (χ0) is 40.4. The summed E-state index contributed by atoms with van der Waals surface area (Å²) in [6, 6.07) is 14.9. The molecule has 0 bridgehead atoms. The first-order valence-corrected chi connectivity index (χ1v) is 23.9. The molecule has 0 fully saturated rings. The first-order valence-electron chi connectivity index (χ1n) is 23.1. The molecule has 0 saturated carbocycles. The van der Waals surface area contributed by atoms with Crippen LogP contribution in [0.25, 0.3) is 0 Å². The van der Waals surface area contributed by atoms with Crippen LogP contribution in [-0.2, 0) is 0 Å². The molecule has 0 N–H and O–H groups in total. The minimum absolute atomic E-state index is 0.0437. The summed E-state index contributed by atoms with van der Waals surface area (Å²) in [6.45, 7) is 5.95. The molecular weight excluding hydrogens is 727 g/mol. The number of thiophene rings is 1. The summed E-state index contributed by atoms with van der Waals surface area (Å²) in [5.41, 5.74) is 1.43. The van der Waals surface area contributed by atoms with Crippen LogP contribution in [0.5, 0.6) is 11.5 Å². The van der Waals surface area contributed by atoms with Crippen molar-refractivity contribution in [1.29, 1.82) is 0 Å². The molecule has 0 aliphatic heterocycles. The molecule has 0 aliphatic rings. The summed E-state index contributed by atoms with van der Waals surface area (Å²) in [5.74, 6) is 11.2. The van der Waals surface area contributed by atoms with Gasteiger partial charge in [-0.3, -0.25) is 0 Å². The Morgan fingerprint density at radius 2 is 0.632 bits per heavy atom. The van der Waals surface area contributed by atoms with E-state index in [2.05, 4.69) is 37.5 Å². The van der Waals surface area contributed by atoms with Gasteiger partial charge in [0.2, 0.25) is 0 Å². The smallest absolute Gasteiger partial charge is 0.186 e. The van der Waals surface area contributed by atoms with E-state index in [1.54, 1.807) is 0 Å². The highest BCUT2D eigenvalue weighted by Gasteiger charge is 2.16. The molecule has 5 heteroatoms. The average molecular weight is 801 g/mol. The van der Waals surface area contributed by atoms with Gasteiger partial charge in [0.25, 0.3) is 0 Å². The van der Waals surface area contributed by atoms with Gasteiger partial charge in [-0.1, -0.05) is 193 Å². The lowest BCUT2D eigenvalue weighted by Crippen LogP contribution is -1.97. The van der Waals surface area contributed by atoms with Crippen molar-refractivity contribution < 1.29 is 18.3 Å². The largest absolute Gasteiger partial charge is 0.494 e. The maximum absolute atomic E-state index is 14.7. The molecule has 0 unspecified atom stereocenters. The fourth-order valence-corrected chi connectivity index (χ4v) is 7.82. The van der Waals surface area contributed by atoms with E-state index in [4.69, 9.17) is 9.47 Å². The van der Waals surface area contributed by atoms with Crippen LogP contribution < -0.4 is 9.47 Å². The second kappa shape index (κ2) is 32.7. The van der Waals surface area contributed by atoms with Crippen LogP contribution in [-0.4, -0.2) is 13.2 Å². The minimum Gasteiger partial charge on any atom is -0.494 e. The van der Waals surface area contributed by atoms with Crippen LogP contribution >= 0.6 is 11.3 Å². The first-order chi connectivity index (χ1) is 28.1. The van der Waals surface area contributed by atoms with Crippen LogP contribution in [0.4, 0.5) is 8.78 Å². The topological polar surface area (TPSA) is 18.5 Å². The van der Waals surface area contributed by atoms with E-state index in [0.717, 1.165) is 35.7 Å². The normalized spacial score (nSPS) is 10.9. The molecule has 1 heterocycles. The van der Waals surface area contributed by atoms with E-state index in [1.807, 2.05) is 48.5 Å². The maximum Gasteiger partial charge on any atom is 0.186 e. The zero-order valence-electron chi connectivity index (χ0n) is 35.8. The van der Waals surface area contributed by atoms with Crippen LogP contribution in [0.2, 0.25) is 0 Å². The summed E-state index contributed by atoms with van der Waals surface area (Å²) in [7, 11) is 0. The number of halogens is 2. The molecule has 0 spiro atoms. The third kappa shape index (κ3) is 23.0. The van der Waals surface area contributed by atoms with E-state index in [1.165, 1.54) is 167 Å². The Balaban J connectivity index is 1.25. The van der Waals surface area contributed by atoms with Gasteiger partial charge in [0, 0.05) is 11.1 Å². The van der Waals surface area contributed by atoms with Gasteiger partial charge in [-0.05, 0) is 73.2 Å². The van der Waals surface area contributed by atoms with Crippen molar-refractivity contribution in [2.24, 2.45) is 0 Å². The zero-order valence-corrected chi connectivity index (χ0v) is 36.6. The predicted molar refractivity (Wildman–Crippen MR) is 241 cm³/mol. The SMILES string of the molecule is CCCCCCCCCCCCCCCCOc1ccc(C#Cc2sc(C#Cc3ccc(OCCCCCCCCCCCCCCCC)cc3)c(F)c2F)cc1. The Morgan fingerprint density at radius 3 is 0.912 bits per heavy atom. The van der Waals surface area contributed by atoms with Gasteiger partial charge in [0.05, 0.1) is 13.2 Å². The lowest BCUT2D eigenvalue weighted by atomic mass is 10.0. The highest BCUT2D eigenvalue weighted by molar-refractivity contribution is 7.13. The van der Waals surface area contributed by atoms with Gasteiger partial charge in [-0.25, -0.2) is 8.78 Å². The van der Waals surface area contributed by atoms with Crippen molar-refractivity contribution in [3.05, 3.63) is 81.0 Å². The van der Waals surface area contributed by atoms with E-state index in [0.29, 0.717) is 24.3 Å². The van der Waals surface area contributed by atoms with Gasteiger partial charge in [-0.2, -0.15) is 0 Å². The average Bonchev–Trinajstić information content (AvgIpc) is 3.50. The minimum atomic E-state index is -0.947. The Labute approximate surface area is 351 Å². The van der Waals surface area contributed by atoms with Crippen LogP contribution in [0.3, 0.4) is 0 Å². The van der Waals surface area contributed by atoms with Gasteiger partial charge in [-0.15, -0.1) is 11.3 Å². The van der Waals surface area contributed by atoms with Gasteiger partial charge in [0.15, 0.2) is 11.6 Å². The van der Waals surface area contributed by atoms with Crippen LogP contribution in [0, 0.1) is 35.3 Å². The molecule has 0 atom stereocenters. The number of benzene rings is 2. The number of hydrogen-bond acceptors (Lipinski definition) is 3. The van der Waals surface area contributed by atoms with Crippen molar-refractivity contribution in [2.75, 3.05) is 13.2 Å². The van der Waals surface area contributed by atoms with Crippen molar-refractivity contribution in [3.8, 4) is 35.2 Å². The highest BCUT2D eigenvalue weighted by Crippen LogP contribution is 2.25. The van der Waals surface area contributed by atoms with Crippen LogP contribution in [0.15, 0.2) is 48.5 Å². The van der Waals surface area contributed by atoms with Gasteiger partial charge < -0.3 is 9.47 Å². The first kappa shape index (κ1) is 48.1. The van der Waals surface area contributed by atoms with Crippen molar-refractivity contribution in [2.45, 2.75) is 194 Å². The molecule has 2 aromatic carbocycles. The summed E-state index contributed by atoms with van der Waals surface area (Å²) in [6.07, 6.45) is 37.4. The van der Waals surface area contributed by atoms with E-state index in [-0.39, 0.29) is 9.75 Å². The summed E-state index contributed by atoms with van der Waals surface area (Å²) >= 11 is 0.939. The Hall–Kier alpha value is -3.28. The Bertz CT molecular complexity index is 1440. The molecule has 0 aliphatic carbocycles. The maximum atomic E-state index is 14.7. The van der Waals surface area contributed by atoms with Crippen LogP contribution in [0.1, 0.15) is 215 Å². The molecule has 314 valence electrons. The monoisotopic (exact) mass is 801 g/mol. The standard InChI is InChI=1S/C52H74F2O2S/c1-3-5-7-9-11-13-15-17-19-21-23-25-27-29-43-55-47-37-31-45(32-38-47)35-41-49-51(53)52(54)50(57-49)42-36-46-33-39-48(40-34-46)56-44-30-28-26-24-22-20-18-16-14-12-10-8-6-4-2/h31-34,37-40H,3-30,43-44H2,1-2H3. The van der Waals surface area contributed by atoms with Gasteiger partial charge >= 0.3 is 0 Å². The predicted octanol–water partition coefficient (Wildman–Crippen LogP) is 16.5. The lowest BCUT2D eigenvalue weighted by Gasteiger charge is -2.06. The second-order valence-electron chi connectivity index (χ2n) is 15.8. The highest BCUT2D eigenvalue weighted by atomic mass is 32.1. The van der Waals surface area contributed by atoms with E-state index in [9.17, 15) is 8.78 Å². The van der Waals surface area contributed by atoms with E-state index >= 15 is 0 Å². The fourth-order valence-electron chi connectivity index (χ4n) is 7.05. The number of hydrogen-bond donors (Lipinski definition) is 0. The second-order valence-corrected chi connectivity index (χ2v) is 16.8. The third-order valence-corrected chi connectivity index (χ3v) is 11.6. The molecule has 0 saturated heterocycles. The molecule has 1 aromatic heterocycles. The lowest BCUT2D eigenvalue weighted by molar-refractivity contribution is 0.304. The summed E-state index contributed by atoms with van der Waals surface area (Å²) in [5, 5.41) is 0. The molecular formula is C52H74F2O2S. The molecule has 3 aromatic rings. The summed E-state index contributed by atoms with van der Waals surface area (Å²) < 4.78 is 41.2. The molecule has 57 heavy (non-hydrogen) atoms. The number of unbranched alkanes of at least 4 members (excludes halogenated alkanes) is 26. The molecule has 2 nitrogen and oxygen atoms in total. The number of ether oxygens (including phenoxy) is 2. The van der Waals surface area contributed by atoms with Crippen molar-refractivity contribution >= 4 is 11.3 Å². The third-order valence-electron chi connectivity index (χ3n) is 10.7. The molecule has 3 rings (SSSR count). The summed E-state index contributed by atoms with van der Waals surface area (Å²) in [4.78, 5) is 0.0874. The van der Waals surface area contributed by atoms with Crippen molar-refractivity contribution in [1.82, 2.24) is 0 Å². The Morgan fingerprint density at radius 1 is 0.368 bits per heavy atom. The molecule has 0 amide bonds. The Kier molecular flexibility index (Phi) is 27.5. The molecule has 0 radical (unpaired) electrons.